The second kappa shape index (κ2) is 10.3. The fourth-order valence-corrected chi connectivity index (χ4v) is 4.10. The first-order valence-corrected chi connectivity index (χ1v) is 11.4. The molecule has 2 aromatic carbocycles. The number of anilines is 1. The molecule has 0 aromatic heterocycles. The summed E-state index contributed by atoms with van der Waals surface area (Å²) < 4.78 is 0. The molecule has 0 radical (unpaired) electrons. The summed E-state index contributed by atoms with van der Waals surface area (Å²) in [5, 5.41) is 2.96. The molecule has 1 heterocycles. The van der Waals surface area contributed by atoms with Gasteiger partial charge in [0.15, 0.2) is 0 Å². The van der Waals surface area contributed by atoms with Crippen molar-refractivity contribution in [1.29, 1.82) is 0 Å². The van der Waals surface area contributed by atoms with Gasteiger partial charge in [0, 0.05) is 37.4 Å². The van der Waals surface area contributed by atoms with Crippen LogP contribution in [-0.4, -0.2) is 60.9 Å². The van der Waals surface area contributed by atoms with Crippen molar-refractivity contribution in [2.45, 2.75) is 19.4 Å². The molecule has 1 saturated heterocycles. The molecule has 6 heteroatoms. The zero-order chi connectivity index (χ0) is 20.6. The van der Waals surface area contributed by atoms with Crippen LogP contribution in [-0.2, 0) is 4.79 Å². The first kappa shape index (κ1) is 21.2. The highest BCUT2D eigenvalue weighted by Gasteiger charge is 2.29. The number of rotatable bonds is 7. The molecule has 5 nitrogen and oxygen atoms in total. The van der Waals surface area contributed by atoms with Crippen molar-refractivity contribution in [3.63, 3.8) is 0 Å². The topological polar surface area (TPSA) is 52.7 Å². The Morgan fingerprint density at radius 2 is 1.66 bits per heavy atom. The number of nitrogens with one attached hydrogen (secondary N) is 1. The van der Waals surface area contributed by atoms with Crippen molar-refractivity contribution in [2.75, 3.05) is 43.1 Å². The SMILES string of the molecule is CSCC[C@@H](NC(=O)c1ccccc1)C(=O)N1CCN(c2ccccc2C)CC1. The number of amides is 2. The molecule has 0 spiro atoms. The van der Waals surface area contributed by atoms with Crippen LogP contribution in [0.1, 0.15) is 22.3 Å². The Morgan fingerprint density at radius 1 is 1.00 bits per heavy atom. The highest BCUT2D eigenvalue weighted by molar-refractivity contribution is 7.98. The van der Waals surface area contributed by atoms with E-state index in [2.05, 4.69) is 35.3 Å². The van der Waals surface area contributed by atoms with Gasteiger partial charge < -0.3 is 15.1 Å². The van der Waals surface area contributed by atoms with E-state index in [1.807, 2.05) is 35.4 Å². The third-order valence-corrected chi connectivity index (χ3v) is 5.94. The monoisotopic (exact) mass is 411 g/mol. The first-order chi connectivity index (χ1) is 14.1. The number of hydrogen-bond acceptors (Lipinski definition) is 4. The van der Waals surface area contributed by atoms with Gasteiger partial charge in [0.25, 0.3) is 5.91 Å². The highest BCUT2D eigenvalue weighted by Crippen LogP contribution is 2.21. The van der Waals surface area contributed by atoms with Crippen molar-refractivity contribution in [1.82, 2.24) is 10.2 Å². The van der Waals surface area contributed by atoms with Crippen molar-refractivity contribution >= 4 is 29.3 Å². The molecule has 1 aliphatic heterocycles. The minimum Gasteiger partial charge on any atom is -0.368 e. The smallest absolute Gasteiger partial charge is 0.251 e. The average molecular weight is 412 g/mol. The lowest BCUT2D eigenvalue weighted by Gasteiger charge is -2.38. The molecule has 1 N–H and O–H groups in total. The van der Waals surface area contributed by atoms with Crippen LogP contribution in [0.3, 0.4) is 0 Å². The van der Waals surface area contributed by atoms with Crippen LogP contribution >= 0.6 is 11.8 Å². The van der Waals surface area contributed by atoms with Crippen LogP contribution in [0.15, 0.2) is 54.6 Å². The Hall–Kier alpha value is -2.47. The number of nitrogens with zero attached hydrogens (tertiary/aromatic N) is 2. The summed E-state index contributed by atoms with van der Waals surface area (Å²) >= 11 is 1.69. The molecule has 2 amide bonds. The van der Waals surface area contributed by atoms with Gasteiger partial charge in [0.05, 0.1) is 0 Å². The quantitative estimate of drug-likeness (QED) is 0.760. The summed E-state index contributed by atoms with van der Waals surface area (Å²) in [5.74, 6) is 0.658. The molecule has 1 fully saturated rings. The molecule has 1 aliphatic rings. The molecule has 0 bridgehead atoms. The van der Waals surface area contributed by atoms with Crippen LogP contribution in [0.4, 0.5) is 5.69 Å². The van der Waals surface area contributed by atoms with Gasteiger partial charge >= 0.3 is 0 Å². The molecule has 154 valence electrons. The number of para-hydroxylation sites is 1. The van der Waals surface area contributed by atoms with E-state index in [-0.39, 0.29) is 11.8 Å². The molecule has 1 atom stereocenters. The fraction of sp³-hybridized carbons (Fsp3) is 0.391. The van der Waals surface area contributed by atoms with E-state index >= 15 is 0 Å². The van der Waals surface area contributed by atoms with Gasteiger partial charge in [-0.3, -0.25) is 9.59 Å². The third kappa shape index (κ3) is 5.54. The zero-order valence-corrected chi connectivity index (χ0v) is 18.0. The zero-order valence-electron chi connectivity index (χ0n) is 17.1. The maximum Gasteiger partial charge on any atom is 0.251 e. The molecule has 2 aromatic rings. The normalized spacial score (nSPS) is 15.1. The van der Waals surface area contributed by atoms with Gasteiger partial charge in [-0.05, 0) is 49.1 Å². The van der Waals surface area contributed by atoms with E-state index in [4.69, 9.17) is 0 Å². The molecule has 3 rings (SSSR count). The minimum absolute atomic E-state index is 0.0211. The molecule has 0 saturated carbocycles. The van der Waals surface area contributed by atoms with Gasteiger partial charge in [-0.25, -0.2) is 0 Å². The lowest BCUT2D eigenvalue weighted by atomic mass is 10.1. The van der Waals surface area contributed by atoms with E-state index in [0.29, 0.717) is 25.1 Å². The standard InChI is InChI=1S/C23H29N3O2S/c1-18-8-6-7-11-21(18)25-13-15-26(16-14-25)23(28)20(12-17-29-2)24-22(27)19-9-4-3-5-10-19/h3-11,20H,12-17H2,1-2H3,(H,24,27)/t20-/m1/s1. The molecule has 0 aliphatic carbocycles. The minimum atomic E-state index is -0.486. The molecular formula is C23H29N3O2S. The number of carbonyl (C=O) groups is 2. The largest absolute Gasteiger partial charge is 0.368 e. The van der Waals surface area contributed by atoms with E-state index in [1.54, 1.807) is 23.9 Å². The van der Waals surface area contributed by atoms with Crippen LogP contribution in [0.5, 0.6) is 0 Å². The second-order valence-corrected chi connectivity index (χ2v) is 8.26. The maximum atomic E-state index is 13.2. The van der Waals surface area contributed by atoms with Crippen LogP contribution in [0, 0.1) is 6.92 Å². The Labute approximate surface area is 177 Å². The van der Waals surface area contributed by atoms with Crippen LogP contribution in [0.2, 0.25) is 0 Å². The summed E-state index contributed by atoms with van der Waals surface area (Å²) in [6.45, 7) is 5.07. The number of hydrogen-bond donors (Lipinski definition) is 1. The number of aryl methyl sites for hydroxylation is 1. The number of benzene rings is 2. The Bertz CT molecular complexity index is 820. The lowest BCUT2D eigenvalue weighted by molar-refractivity contribution is -0.133. The van der Waals surface area contributed by atoms with Gasteiger partial charge in [0.2, 0.25) is 5.91 Å². The van der Waals surface area contributed by atoms with Gasteiger partial charge in [-0.2, -0.15) is 11.8 Å². The molecule has 0 unspecified atom stereocenters. The Kier molecular flexibility index (Phi) is 7.58. The van der Waals surface area contributed by atoms with Gasteiger partial charge in [-0.1, -0.05) is 36.4 Å². The van der Waals surface area contributed by atoms with Gasteiger partial charge in [-0.15, -0.1) is 0 Å². The third-order valence-electron chi connectivity index (χ3n) is 5.30. The Balaban J connectivity index is 1.62. The summed E-state index contributed by atoms with van der Waals surface area (Å²) in [7, 11) is 0. The van der Waals surface area contributed by atoms with Gasteiger partial charge in [0.1, 0.15) is 6.04 Å². The summed E-state index contributed by atoms with van der Waals surface area (Å²) in [6, 6.07) is 16.9. The highest BCUT2D eigenvalue weighted by atomic mass is 32.2. The maximum absolute atomic E-state index is 13.2. The van der Waals surface area contributed by atoms with Crippen molar-refractivity contribution in [3.8, 4) is 0 Å². The molecular weight excluding hydrogens is 382 g/mol. The van der Waals surface area contributed by atoms with Crippen molar-refractivity contribution in [2.24, 2.45) is 0 Å². The van der Waals surface area contributed by atoms with E-state index in [1.165, 1.54) is 11.3 Å². The lowest BCUT2D eigenvalue weighted by Crippen LogP contribution is -2.55. The Morgan fingerprint density at radius 3 is 2.31 bits per heavy atom. The van der Waals surface area contributed by atoms with Crippen molar-refractivity contribution in [3.05, 3.63) is 65.7 Å². The van der Waals surface area contributed by atoms with Crippen LogP contribution < -0.4 is 10.2 Å². The number of carbonyl (C=O) groups excluding carboxylic acids is 2. The summed E-state index contributed by atoms with van der Waals surface area (Å²) in [6.07, 6.45) is 2.65. The van der Waals surface area contributed by atoms with Crippen LogP contribution in [0.25, 0.3) is 0 Å². The van der Waals surface area contributed by atoms with E-state index < -0.39 is 6.04 Å². The summed E-state index contributed by atoms with van der Waals surface area (Å²) in [4.78, 5) is 30.0. The molecule has 29 heavy (non-hydrogen) atoms. The average Bonchev–Trinajstić information content (AvgIpc) is 2.77. The predicted molar refractivity (Wildman–Crippen MR) is 121 cm³/mol. The van der Waals surface area contributed by atoms with E-state index in [9.17, 15) is 9.59 Å². The predicted octanol–water partition coefficient (Wildman–Crippen LogP) is 3.20. The fourth-order valence-electron chi connectivity index (χ4n) is 3.63. The van der Waals surface area contributed by atoms with E-state index in [0.717, 1.165) is 18.8 Å². The number of piperazine rings is 1. The number of thioether (sulfide) groups is 1. The first-order valence-electron chi connectivity index (χ1n) is 10.0. The second-order valence-electron chi connectivity index (χ2n) is 7.27. The van der Waals surface area contributed by atoms with Crippen molar-refractivity contribution < 1.29 is 9.59 Å². The summed E-state index contributed by atoms with van der Waals surface area (Å²) in [5.41, 5.74) is 3.06.